The molecule has 1 atom stereocenters. The van der Waals surface area contributed by atoms with Crippen molar-refractivity contribution in [2.24, 2.45) is 10.9 Å². The van der Waals surface area contributed by atoms with Crippen LogP contribution < -0.4 is 51.4 Å². The summed E-state index contributed by atoms with van der Waals surface area (Å²) in [6.45, 7) is 3.95. The molecule has 0 saturated heterocycles. The number of hydrogen-bond acceptors (Lipinski definition) is 1. The van der Waals surface area contributed by atoms with Crippen LogP contribution in [0.15, 0.2) is 28.4 Å². The summed E-state index contributed by atoms with van der Waals surface area (Å²) in [7, 11) is 0. The Morgan fingerprint density at radius 3 is 3.23 bits per heavy atom. The van der Waals surface area contributed by atoms with E-state index in [0.717, 1.165) is 19.5 Å². The Morgan fingerprint density at radius 2 is 2.38 bits per heavy atom. The van der Waals surface area contributed by atoms with Crippen LogP contribution in [0.2, 0.25) is 0 Å². The summed E-state index contributed by atoms with van der Waals surface area (Å²) in [4.78, 5) is 4.46. The standard InChI is InChI=1S/C10H13N2.K/c1-8-2-3-9-7-11-5-4-10(9)12-6-8;/h2-3,6,8H,4-5,7H2,1H3;/q-1;+1. The summed E-state index contributed by atoms with van der Waals surface area (Å²) in [6, 6.07) is 0. The van der Waals surface area contributed by atoms with E-state index in [-0.39, 0.29) is 51.4 Å². The van der Waals surface area contributed by atoms with Crippen molar-refractivity contribution in [3.8, 4) is 0 Å². The van der Waals surface area contributed by atoms with Crippen LogP contribution >= 0.6 is 0 Å². The van der Waals surface area contributed by atoms with Gasteiger partial charge in [-0.3, -0.25) is 4.99 Å². The summed E-state index contributed by atoms with van der Waals surface area (Å²) < 4.78 is 0. The molecule has 2 heterocycles. The van der Waals surface area contributed by atoms with E-state index in [1.54, 1.807) is 0 Å². The Labute approximate surface area is 122 Å². The molecule has 0 amide bonds. The number of rotatable bonds is 0. The predicted octanol–water partition coefficient (Wildman–Crippen LogP) is -0.701. The van der Waals surface area contributed by atoms with Crippen molar-refractivity contribution in [2.45, 2.75) is 13.3 Å². The van der Waals surface area contributed by atoms with E-state index in [1.807, 2.05) is 6.21 Å². The Kier molecular flexibility index (Phi) is 5.08. The molecule has 3 heteroatoms. The molecule has 2 rings (SSSR count). The van der Waals surface area contributed by atoms with Crippen LogP contribution in [0.1, 0.15) is 13.3 Å². The third kappa shape index (κ3) is 3.11. The van der Waals surface area contributed by atoms with E-state index in [2.05, 4.69) is 29.4 Å². The second-order valence-electron chi connectivity index (χ2n) is 3.32. The summed E-state index contributed by atoms with van der Waals surface area (Å²) >= 11 is 0. The molecule has 0 saturated carbocycles. The number of hydrogen-bond donors (Lipinski definition) is 0. The monoisotopic (exact) mass is 200 g/mol. The van der Waals surface area contributed by atoms with E-state index in [0.29, 0.717) is 5.92 Å². The smallest absolute Gasteiger partial charge is 0.658 e. The number of allylic oxidation sites excluding steroid dienone is 1. The van der Waals surface area contributed by atoms with Gasteiger partial charge < -0.3 is 5.32 Å². The van der Waals surface area contributed by atoms with Crippen molar-refractivity contribution < 1.29 is 51.4 Å². The van der Waals surface area contributed by atoms with Gasteiger partial charge in [0, 0.05) is 17.8 Å². The molecule has 2 aliphatic rings. The third-order valence-electron chi connectivity index (χ3n) is 2.23. The Bertz CT molecular complexity index is 240. The van der Waals surface area contributed by atoms with Gasteiger partial charge in [0.25, 0.3) is 0 Å². The second kappa shape index (κ2) is 5.58. The first-order valence-corrected chi connectivity index (χ1v) is 4.44. The first-order valence-electron chi connectivity index (χ1n) is 4.44. The number of aliphatic imine (C=N–C) groups is 1. The van der Waals surface area contributed by atoms with Gasteiger partial charge in [-0.15, -0.1) is 13.1 Å². The maximum absolute atomic E-state index is 4.46. The van der Waals surface area contributed by atoms with Crippen LogP contribution in [0.25, 0.3) is 5.32 Å². The van der Waals surface area contributed by atoms with Crippen molar-refractivity contribution in [3.63, 3.8) is 0 Å². The van der Waals surface area contributed by atoms with Crippen molar-refractivity contribution >= 4 is 6.21 Å². The predicted molar refractivity (Wildman–Crippen MR) is 51.5 cm³/mol. The van der Waals surface area contributed by atoms with Crippen LogP contribution in [0.5, 0.6) is 0 Å². The van der Waals surface area contributed by atoms with E-state index >= 15 is 0 Å². The third-order valence-corrected chi connectivity index (χ3v) is 2.23. The number of nitrogens with zero attached hydrogens (tertiary/aromatic N) is 2. The van der Waals surface area contributed by atoms with Crippen molar-refractivity contribution in [3.05, 3.63) is 28.7 Å². The fourth-order valence-electron chi connectivity index (χ4n) is 1.46. The van der Waals surface area contributed by atoms with Gasteiger partial charge in [-0.05, 0) is 12.0 Å². The summed E-state index contributed by atoms with van der Waals surface area (Å²) in [6.07, 6.45) is 7.40. The maximum atomic E-state index is 4.46. The Morgan fingerprint density at radius 1 is 1.54 bits per heavy atom. The first kappa shape index (κ1) is 11.8. The normalized spacial score (nSPS) is 26.4. The van der Waals surface area contributed by atoms with Gasteiger partial charge in [0.1, 0.15) is 0 Å². The van der Waals surface area contributed by atoms with Gasteiger partial charge in [-0.2, -0.15) is 0 Å². The van der Waals surface area contributed by atoms with Crippen molar-refractivity contribution in [2.75, 3.05) is 13.1 Å². The zero-order chi connectivity index (χ0) is 8.39. The second-order valence-corrected chi connectivity index (χ2v) is 3.32. The molecule has 0 spiro atoms. The fraction of sp³-hybridized carbons (Fsp3) is 0.500. The summed E-state index contributed by atoms with van der Waals surface area (Å²) in [5.41, 5.74) is 2.55. The molecule has 1 unspecified atom stereocenters. The molecular weight excluding hydrogens is 187 g/mol. The molecule has 2 nitrogen and oxygen atoms in total. The molecule has 0 N–H and O–H groups in total. The van der Waals surface area contributed by atoms with E-state index in [4.69, 9.17) is 0 Å². The quantitative estimate of drug-likeness (QED) is 0.462. The van der Waals surface area contributed by atoms with Gasteiger partial charge in [-0.25, -0.2) is 0 Å². The van der Waals surface area contributed by atoms with Crippen LogP contribution in [0, 0.1) is 5.92 Å². The first-order chi connectivity index (χ1) is 5.86. The van der Waals surface area contributed by atoms with Crippen LogP contribution in [-0.4, -0.2) is 19.3 Å². The van der Waals surface area contributed by atoms with Gasteiger partial charge in [-0.1, -0.05) is 19.1 Å². The van der Waals surface area contributed by atoms with Crippen molar-refractivity contribution in [1.29, 1.82) is 0 Å². The van der Waals surface area contributed by atoms with Crippen LogP contribution in [-0.2, 0) is 0 Å². The zero-order valence-corrected chi connectivity index (χ0v) is 11.4. The fourth-order valence-corrected chi connectivity index (χ4v) is 1.46. The van der Waals surface area contributed by atoms with Crippen LogP contribution in [0.3, 0.4) is 0 Å². The average molecular weight is 200 g/mol. The van der Waals surface area contributed by atoms with E-state index in [1.165, 1.54) is 11.3 Å². The molecule has 13 heavy (non-hydrogen) atoms. The zero-order valence-electron chi connectivity index (χ0n) is 8.33. The van der Waals surface area contributed by atoms with Gasteiger partial charge >= 0.3 is 51.4 Å². The minimum absolute atomic E-state index is 0. The molecule has 2 aliphatic heterocycles. The van der Waals surface area contributed by atoms with Gasteiger partial charge in [0.05, 0.1) is 0 Å². The largest absolute Gasteiger partial charge is 1.00 e. The Balaban J connectivity index is 0.000000845. The molecular formula is C10H13KN2. The molecule has 0 aromatic carbocycles. The SMILES string of the molecule is CC1C=CC2=C(CC[N-]C2)N=C1.[K+]. The molecule has 0 aromatic heterocycles. The Hall–Kier alpha value is 0.746. The van der Waals surface area contributed by atoms with Gasteiger partial charge in [0.15, 0.2) is 0 Å². The molecule has 0 fully saturated rings. The minimum atomic E-state index is 0. The average Bonchev–Trinajstić information content (AvgIpc) is 2.29. The van der Waals surface area contributed by atoms with E-state index < -0.39 is 0 Å². The van der Waals surface area contributed by atoms with Gasteiger partial charge in [0.2, 0.25) is 0 Å². The van der Waals surface area contributed by atoms with E-state index in [9.17, 15) is 0 Å². The molecule has 0 aromatic rings. The minimum Gasteiger partial charge on any atom is -0.658 e. The molecule has 0 aliphatic carbocycles. The molecule has 64 valence electrons. The molecule has 0 radical (unpaired) electrons. The topological polar surface area (TPSA) is 26.5 Å². The maximum Gasteiger partial charge on any atom is 1.00 e. The molecule has 0 bridgehead atoms. The summed E-state index contributed by atoms with van der Waals surface area (Å²) in [5, 5.41) is 4.35. The van der Waals surface area contributed by atoms with Crippen molar-refractivity contribution in [1.82, 2.24) is 0 Å². The summed E-state index contributed by atoms with van der Waals surface area (Å²) in [5.74, 6) is 0.468. The van der Waals surface area contributed by atoms with Crippen LogP contribution in [0.4, 0.5) is 0 Å².